The van der Waals surface area contributed by atoms with Crippen LogP contribution in [0.15, 0.2) is 42.7 Å². The van der Waals surface area contributed by atoms with Gasteiger partial charge in [0.2, 0.25) is 0 Å². The quantitative estimate of drug-likeness (QED) is 0.788. The van der Waals surface area contributed by atoms with Crippen LogP contribution in [0.3, 0.4) is 0 Å². The van der Waals surface area contributed by atoms with Crippen LogP contribution in [0.1, 0.15) is 23.3 Å². The van der Waals surface area contributed by atoms with Gasteiger partial charge in [-0.3, -0.25) is 4.79 Å². The average molecular weight is 320 g/mol. The maximum Gasteiger partial charge on any atom is 0.271 e. The Morgan fingerprint density at radius 1 is 1.25 bits per heavy atom. The highest BCUT2D eigenvalue weighted by atomic mass is 16.2. The summed E-state index contributed by atoms with van der Waals surface area (Å²) < 4.78 is 2.05. The van der Waals surface area contributed by atoms with Gasteiger partial charge in [-0.15, -0.1) is 0 Å². The molecule has 0 aliphatic carbocycles. The van der Waals surface area contributed by atoms with E-state index in [1.807, 2.05) is 22.7 Å². The number of benzene rings is 1. The highest BCUT2D eigenvalue weighted by Gasteiger charge is 2.33. The minimum atomic E-state index is -0.0674. The first-order valence-corrected chi connectivity index (χ1v) is 8.65. The van der Waals surface area contributed by atoms with Crippen molar-refractivity contribution in [3.8, 4) is 0 Å². The van der Waals surface area contributed by atoms with E-state index in [9.17, 15) is 4.79 Å². The van der Waals surface area contributed by atoms with Gasteiger partial charge in [0.15, 0.2) is 0 Å². The van der Waals surface area contributed by atoms with Crippen LogP contribution in [0, 0.1) is 5.92 Å². The Hall–Kier alpha value is -2.40. The average Bonchev–Trinajstić information content (AvgIpc) is 3.14. The summed E-state index contributed by atoms with van der Waals surface area (Å²) >= 11 is 0. The van der Waals surface area contributed by atoms with Crippen molar-refractivity contribution in [2.75, 3.05) is 19.6 Å². The third kappa shape index (κ3) is 2.27. The predicted octanol–water partition coefficient (Wildman–Crippen LogP) is 2.31. The topological polar surface area (TPSA) is 49.6 Å². The summed E-state index contributed by atoms with van der Waals surface area (Å²) in [5, 5.41) is 4.35. The number of carbonyl (C=O) groups excluding carboxylic acids is 1. The normalized spacial score (nSPS) is 26.1. The third-order valence-corrected chi connectivity index (χ3v) is 5.40. The molecule has 0 radical (unpaired) electrons. The first-order chi connectivity index (χ1) is 11.8. The number of aromatic nitrogens is 2. The smallest absolute Gasteiger partial charge is 0.271 e. The molecule has 24 heavy (non-hydrogen) atoms. The van der Waals surface area contributed by atoms with Crippen LogP contribution in [0.2, 0.25) is 0 Å². The molecular weight excluding hydrogens is 300 g/mol. The molecule has 5 heteroatoms. The van der Waals surface area contributed by atoms with E-state index in [1.54, 1.807) is 6.20 Å². The SMILES string of the molecule is O=C(N[C@@H]1C[C@@H]2CCN(C2)C1)c1cn2c(cn1)cc1ccccc12. The van der Waals surface area contributed by atoms with Gasteiger partial charge in [0.1, 0.15) is 5.69 Å². The molecule has 2 aliphatic heterocycles. The number of rotatable bonds is 2. The fraction of sp³-hybridized carbons (Fsp3) is 0.368. The highest BCUT2D eigenvalue weighted by molar-refractivity contribution is 5.94. The maximum atomic E-state index is 12.6. The Balaban J connectivity index is 1.43. The van der Waals surface area contributed by atoms with Crippen molar-refractivity contribution in [3.63, 3.8) is 0 Å². The molecule has 2 aromatic heterocycles. The van der Waals surface area contributed by atoms with Gasteiger partial charge in [0.05, 0.1) is 17.2 Å². The van der Waals surface area contributed by atoms with E-state index in [0.29, 0.717) is 5.69 Å². The number of carbonyl (C=O) groups is 1. The Kier molecular flexibility index (Phi) is 3.10. The van der Waals surface area contributed by atoms with Crippen LogP contribution < -0.4 is 5.32 Å². The van der Waals surface area contributed by atoms with E-state index < -0.39 is 0 Å². The van der Waals surface area contributed by atoms with Gasteiger partial charge in [-0.1, -0.05) is 18.2 Å². The number of hydrogen-bond acceptors (Lipinski definition) is 3. The monoisotopic (exact) mass is 320 g/mol. The molecule has 1 unspecified atom stereocenters. The highest BCUT2D eigenvalue weighted by Crippen LogP contribution is 2.27. The van der Waals surface area contributed by atoms with Crippen LogP contribution in [-0.2, 0) is 0 Å². The Morgan fingerprint density at radius 3 is 3.08 bits per heavy atom. The number of piperidine rings is 1. The largest absolute Gasteiger partial charge is 0.347 e. The predicted molar refractivity (Wildman–Crippen MR) is 93.1 cm³/mol. The van der Waals surface area contributed by atoms with Crippen molar-refractivity contribution < 1.29 is 4.79 Å². The maximum absolute atomic E-state index is 12.6. The number of amides is 1. The molecule has 1 N–H and O–H groups in total. The van der Waals surface area contributed by atoms with Gasteiger partial charge in [-0.2, -0.15) is 0 Å². The molecule has 1 aromatic carbocycles. The molecule has 1 amide bonds. The summed E-state index contributed by atoms with van der Waals surface area (Å²) in [6.45, 7) is 3.35. The zero-order valence-corrected chi connectivity index (χ0v) is 13.5. The molecule has 3 atom stereocenters. The standard InChI is InChI=1S/C19H20N4O/c24-19(21-15-7-13-5-6-22(10-13)11-15)17-12-23-16(9-20-17)8-14-3-1-2-4-18(14)23/h1-4,8-9,12-13,15H,5-7,10-11H2,(H,21,24)/t13-,15+/m0/s1. The molecule has 0 saturated carbocycles. The second-order valence-corrected chi connectivity index (χ2v) is 7.09. The van der Waals surface area contributed by atoms with Gasteiger partial charge >= 0.3 is 0 Å². The van der Waals surface area contributed by atoms with Crippen LogP contribution in [0.4, 0.5) is 0 Å². The summed E-state index contributed by atoms with van der Waals surface area (Å²) in [7, 11) is 0. The van der Waals surface area contributed by atoms with Gasteiger partial charge in [-0.05, 0) is 37.4 Å². The van der Waals surface area contributed by atoms with Gasteiger partial charge in [-0.25, -0.2) is 4.98 Å². The van der Waals surface area contributed by atoms with Crippen molar-refractivity contribution in [1.82, 2.24) is 19.6 Å². The third-order valence-electron chi connectivity index (χ3n) is 5.40. The lowest BCUT2D eigenvalue weighted by molar-refractivity contribution is 0.0904. The number of para-hydroxylation sites is 1. The fourth-order valence-corrected chi connectivity index (χ4v) is 4.27. The molecule has 4 heterocycles. The van der Waals surface area contributed by atoms with E-state index in [2.05, 4.69) is 33.4 Å². The molecule has 2 fully saturated rings. The second-order valence-electron chi connectivity index (χ2n) is 7.09. The molecule has 2 bridgehead atoms. The van der Waals surface area contributed by atoms with Crippen molar-refractivity contribution in [1.29, 1.82) is 0 Å². The van der Waals surface area contributed by atoms with Gasteiger partial charge in [0, 0.05) is 30.7 Å². The van der Waals surface area contributed by atoms with E-state index in [-0.39, 0.29) is 11.9 Å². The Labute approximate surface area is 140 Å². The van der Waals surface area contributed by atoms with E-state index in [1.165, 1.54) is 19.5 Å². The first-order valence-electron chi connectivity index (χ1n) is 8.65. The van der Waals surface area contributed by atoms with E-state index in [0.717, 1.165) is 35.3 Å². The second kappa shape index (κ2) is 5.31. The van der Waals surface area contributed by atoms with Crippen molar-refractivity contribution in [2.24, 2.45) is 5.92 Å². The summed E-state index contributed by atoms with van der Waals surface area (Å²) in [5.41, 5.74) is 2.59. The van der Waals surface area contributed by atoms with Gasteiger partial charge in [0.25, 0.3) is 5.91 Å². The van der Waals surface area contributed by atoms with Crippen molar-refractivity contribution in [3.05, 3.63) is 48.4 Å². The van der Waals surface area contributed by atoms with Crippen LogP contribution in [0.5, 0.6) is 0 Å². The minimum Gasteiger partial charge on any atom is -0.347 e. The Morgan fingerprint density at radius 2 is 2.17 bits per heavy atom. The summed E-state index contributed by atoms with van der Waals surface area (Å²) in [6.07, 6.45) is 6.00. The molecule has 2 aliphatic rings. The van der Waals surface area contributed by atoms with Crippen LogP contribution in [0.25, 0.3) is 16.4 Å². The molecule has 122 valence electrons. The molecule has 2 saturated heterocycles. The van der Waals surface area contributed by atoms with Crippen LogP contribution >= 0.6 is 0 Å². The summed E-state index contributed by atoms with van der Waals surface area (Å²) in [4.78, 5) is 19.5. The molecule has 0 spiro atoms. The molecule has 5 nitrogen and oxygen atoms in total. The zero-order valence-electron chi connectivity index (χ0n) is 13.5. The minimum absolute atomic E-state index is 0.0674. The Bertz CT molecular complexity index is 919. The molecule has 3 aromatic rings. The zero-order chi connectivity index (χ0) is 16.1. The lowest BCUT2D eigenvalue weighted by Gasteiger charge is -2.30. The van der Waals surface area contributed by atoms with Crippen LogP contribution in [-0.4, -0.2) is 45.9 Å². The lowest BCUT2D eigenvalue weighted by Crippen LogP contribution is -2.47. The van der Waals surface area contributed by atoms with E-state index >= 15 is 0 Å². The number of hydrogen-bond donors (Lipinski definition) is 1. The number of fused-ring (bicyclic) bond motifs is 5. The lowest BCUT2D eigenvalue weighted by atomic mass is 9.97. The van der Waals surface area contributed by atoms with Gasteiger partial charge < -0.3 is 14.6 Å². The summed E-state index contributed by atoms with van der Waals surface area (Å²) in [5.74, 6) is 0.676. The number of nitrogens with one attached hydrogen (secondary N) is 1. The van der Waals surface area contributed by atoms with Crippen molar-refractivity contribution >= 4 is 22.3 Å². The number of nitrogens with zero attached hydrogens (tertiary/aromatic N) is 3. The summed E-state index contributed by atoms with van der Waals surface area (Å²) in [6, 6.07) is 10.5. The molecule has 5 rings (SSSR count). The first kappa shape index (κ1) is 14.0. The van der Waals surface area contributed by atoms with Crippen molar-refractivity contribution in [2.45, 2.75) is 18.9 Å². The fourth-order valence-electron chi connectivity index (χ4n) is 4.27. The molecular formula is C19H20N4O. The van der Waals surface area contributed by atoms with E-state index in [4.69, 9.17) is 0 Å².